The second-order valence-corrected chi connectivity index (χ2v) is 7.57. The van der Waals surface area contributed by atoms with Crippen molar-refractivity contribution >= 4 is 17.7 Å². The second kappa shape index (κ2) is 8.52. The number of para-hydroxylation sites is 1. The summed E-state index contributed by atoms with van der Waals surface area (Å²) in [6.45, 7) is 2.46. The molecular formula is C22H24N4O4. The average Bonchev–Trinajstić information content (AvgIpc) is 3.21. The van der Waals surface area contributed by atoms with Crippen LogP contribution in [0.2, 0.25) is 0 Å². The molecule has 3 atom stereocenters. The van der Waals surface area contributed by atoms with Gasteiger partial charge in [-0.15, -0.1) is 0 Å². The molecule has 8 nitrogen and oxygen atoms in total. The molecule has 2 saturated heterocycles. The van der Waals surface area contributed by atoms with Gasteiger partial charge in [-0.2, -0.15) is 0 Å². The smallest absolute Gasteiger partial charge is 0.267 e. The van der Waals surface area contributed by atoms with E-state index in [0.717, 1.165) is 5.56 Å². The predicted octanol–water partition coefficient (Wildman–Crippen LogP) is 1.15. The molecule has 1 aromatic carbocycles. The van der Waals surface area contributed by atoms with Crippen LogP contribution in [0.4, 0.5) is 0 Å². The zero-order valence-corrected chi connectivity index (χ0v) is 16.7. The summed E-state index contributed by atoms with van der Waals surface area (Å²) in [7, 11) is 0. The molecule has 2 fully saturated rings. The molecule has 2 aromatic rings. The number of ether oxygens (including phenoxy) is 1. The number of aromatic nitrogens is 1. The van der Waals surface area contributed by atoms with Crippen LogP contribution in [0.5, 0.6) is 5.75 Å². The average molecular weight is 408 g/mol. The van der Waals surface area contributed by atoms with E-state index >= 15 is 0 Å². The van der Waals surface area contributed by atoms with Gasteiger partial charge in [0.15, 0.2) is 0 Å². The fourth-order valence-corrected chi connectivity index (χ4v) is 4.00. The number of hydrogen-bond acceptors (Lipinski definition) is 5. The number of nitrogens with zero attached hydrogens (tertiary/aromatic N) is 3. The van der Waals surface area contributed by atoms with Crippen LogP contribution in [0, 0.1) is 0 Å². The molecule has 3 heterocycles. The number of rotatable bonds is 6. The molecule has 0 spiro atoms. The van der Waals surface area contributed by atoms with Crippen LogP contribution in [0.25, 0.3) is 0 Å². The molecule has 1 aromatic heterocycles. The summed E-state index contributed by atoms with van der Waals surface area (Å²) in [5.41, 5.74) is 0.823. The van der Waals surface area contributed by atoms with Crippen molar-refractivity contribution in [3.63, 3.8) is 0 Å². The Morgan fingerprint density at radius 1 is 1.20 bits per heavy atom. The van der Waals surface area contributed by atoms with E-state index in [1.165, 1.54) is 6.92 Å². The molecule has 1 N–H and O–H groups in total. The lowest BCUT2D eigenvalue weighted by molar-refractivity contribution is -0.167. The standard InChI is InChI=1S/C22H24N4O4/c1-15(27)24-17-9-11-25(13-17)19(28)14-26-20(16-6-5-10-23-12-16)21(22(26)29)30-18-7-3-2-4-8-18/h2-8,10,12,17,20-21H,9,11,13-14H2,1H3,(H,24,27)/t17-,20?,21?/m1/s1. The molecule has 2 unspecified atom stereocenters. The number of likely N-dealkylation sites (tertiary alicyclic amines) is 2. The lowest BCUT2D eigenvalue weighted by Crippen LogP contribution is -2.63. The van der Waals surface area contributed by atoms with Crippen LogP contribution in [0.15, 0.2) is 54.9 Å². The molecule has 0 bridgehead atoms. The summed E-state index contributed by atoms with van der Waals surface area (Å²) in [5.74, 6) is 0.139. The Balaban J connectivity index is 1.46. The van der Waals surface area contributed by atoms with Gasteiger partial charge in [0.25, 0.3) is 5.91 Å². The minimum absolute atomic E-state index is 0.0279. The summed E-state index contributed by atoms with van der Waals surface area (Å²) >= 11 is 0. The summed E-state index contributed by atoms with van der Waals surface area (Å²) in [6, 6.07) is 12.4. The molecule has 0 radical (unpaired) electrons. The predicted molar refractivity (Wildman–Crippen MR) is 108 cm³/mol. The molecule has 2 aliphatic rings. The largest absolute Gasteiger partial charge is 0.478 e. The van der Waals surface area contributed by atoms with Gasteiger partial charge < -0.3 is 19.9 Å². The van der Waals surface area contributed by atoms with Gasteiger partial charge in [0.05, 0.1) is 0 Å². The molecule has 0 saturated carbocycles. The molecule has 8 heteroatoms. The number of benzene rings is 1. The molecule has 30 heavy (non-hydrogen) atoms. The van der Waals surface area contributed by atoms with E-state index in [1.54, 1.807) is 40.4 Å². The molecular weight excluding hydrogens is 384 g/mol. The van der Waals surface area contributed by atoms with E-state index < -0.39 is 6.10 Å². The van der Waals surface area contributed by atoms with Gasteiger partial charge in [-0.1, -0.05) is 24.3 Å². The Bertz CT molecular complexity index is 921. The van der Waals surface area contributed by atoms with Gasteiger partial charge >= 0.3 is 0 Å². The summed E-state index contributed by atoms with van der Waals surface area (Å²) in [5, 5.41) is 2.84. The molecule has 2 aliphatic heterocycles. The van der Waals surface area contributed by atoms with Gasteiger partial charge in [-0.05, 0) is 30.2 Å². The Morgan fingerprint density at radius 3 is 2.70 bits per heavy atom. The first kappa shape index (κ1) is 19.9. The van der Waals surface area contributed by atoms with Crippen LogP contribution >= 0.6 is 0 Å². The second-order valence-electron chi connectivity index (χ2n) is 7.57. The van der Waals surface area contributed by atoms with E-state index in [9.17, 15) is 14.4 Å². The number of carbonyl (C=O) groups is 3. The molecule has 0 aliphatic carbocycles. The van der Waals surface area contributed by atoms with E-state index in [0.29, 0.717) is 25.3 Å². The first-order valence-corrected chi connectivity index (χ1v) is 10.00. The van der Waals surface area contributed by atoms with Crippen LogP contribution in [0.3, 0.4) is 0 Å². The highest BCUT2D eigenvalue weighted by Crippen LogP contribution is 2.37. The van der Waals surface area contributed by atoms with Gasteiger partial charge in [0.1, 0.15) is 18.3 Å². The van der Waals surface area contributed by atoms with Crippen LogP contribution in [-0.2, 0) is 14.4 Å². The molecule has 156 valence electrons. The number of pyridine rings is 1. The maximum Gasteiger partial charge on any atom is 0.267 e. The summed E-state index contributed by atoms with van der Waals surface area (Å²) < 4.78 is 5.94. The minimum atomic E-state index is -0.699. The topological polar surface area (TPSA) is 91.8 Å². The van der Waals surface area contributed by atoms with E-state index in [1.807, 2.05) is 24.3 Å². The van der Waals surface area contributed by atoms with Crippen molar-refractivity contribution in [2.24, 2.45) is 0 Å². The monoisotopic (exact) mass is 408 g/mol. The highest BCUT2D eigenvalue weighted by Gasteiger charge is 2.51. The van der Waals surface area contributed by atoms with Gasteiger partial charge in [-0.3, -0.25) is 19.4 Å². The normalized spacial score (nSPS) is 23.1. The zero-order chi connectivity index (χ0) is 21.1. The lowest BCUT2D eigenvalue weighted by Gasteiger charge is -2.46. The first-order valence-electron chi connectivity index (χ1n) is 10.00. The molecule has 3 amide bonds. The Labute approximate surface area is 174 Å². The van der Waals surface area contributed by atoms with Crippen molar-refractivity contribution in [3.05, 3.63) is 60.4 Å². The Morgan fingerprint density at radius 2 is 2.00 bits per heavy atom. The van der Waals surface area contributed by atoms with E-state index in [4.69, 9.17) is 4.74 Å². The third-order valence-electron chi connectivity index (χ3n) is 5.44. The highest BCUT2D eigenvalue weighted by molar-refractivity contribution is 5.93. The van der Waals surface area contributed by atoms with Crippen LogP contribution in [-0.4, -0.2) is 64.3 Å². The van der Waals surface area contributed by atoms with Gasteiger partial charge in [-0.25, -0.2) is 0 Å². The van der Waals surface area contributed by atoms with Gasteiger partial charge in [0, 0.05) is 38.4 Å². The maximum absolute atomic E-state index is 12.9. The van der Waals surface area contributed by atoms with Crippen LogP contribution < -0.4 is 10.1 Å². The van der Waals surface area contributed by atoms with Crippen molar-refractivity contribution < 1.29 is 19.1 Å². The van der Waals surface area contributed by atoms with Crippen molar-refractivity contribution in [2.45, 2.75) is 31.5 Å². The van der Waals surface area contributed by atoms with Crippen molar-refractivity contribution in [2.75, 3.05) is 19.6 Å². The third kappa shape index (κ3) is 4.12. The minimum Gasteiger partial charge on any atom is -0.478 e. The fourth-order valence-electron chi connectivity index (χ4n) is 4.00. The number of hydrogen-bond donors (Lipinski definition) is 1. The number of amides is 3. The van der Waals surface area contributed by atoms with Crippen molar-refractivity contribution in [1.82, 2.24) is 20.1 Å². The lowest BCUT2D eigenvalue weighted by atomic mass is 9.91. The number of carbonyl (C=O) groups excluding carboxylic acids is 3. The van der Waals surface area contributed by atoms with Crippen molar-refractivity contribution in [1.29, 1.82) is 0 Å². The quantitative estimate of drug-likeness (QED) is 0.724. The van der Waals surface area contributed by atoms with Crippen LogP contribution in [0.1, 0.15) is 24.9 Å². The number of β-lactam (4-membered cyclic amide) rings is 1. The van der Waals surface area contributed by atoms with Gasteiger partial charge in [0.2, 0.25) is 17.9 Å². The molecule has 4 rings (SSSR count). The fraction of sp³-hybridized carbons (Fsp3) is 0.364. The summed E-state index contributed by atoms with van der Waals surface area (Å²) in [4.78, 5) is 44.3. The zero-order valence-electron chi connectivity index (χ0n) is 16.7. The van der Waals surface area contributed by atoms with E-state index in [-0.39, 0.29) is 36.3 Å². The number of nitrogens with one attached hydrogen (secondary N) is 1. The SMILES string of the molecule is CC(=O)N[C@@H]1CCN(C(=O)CN2C(=O)C(Oc3ccccc3)C2c2cccnc2)C1. The van der Waals surface area contributed by atoms with Crippen molar-refractivity contribution in [3.8, 4) is 5.75 Å². The maximum atomic E-state index is 12.9. The third-order valence-corrected chi connectivity index (χ3v) is 5.44. The Kier molecular flexibility index (Phi) is 5.65. The summed E-state index contributed by atoms with van der Waals surface area (Å²) in [6.07, 6.45) is 3.37. The first-order chi connectivity index (χ1) is 14.5. The Hall–Kier alpha value is -3.42. The highest BCUT2D eigenvalue weighted by atomic mass is 16.5. The van der Waals surface area contributed by atoms with E-state index in [2.05, 4.69) is 10.3 Å².